The van der Waals surface area contributed by atoms with E-state index in [-0.39, 0.29) is 27.6 Å². The lowest BCUT2D eigenvalue weighted by Gasteiger charge is -2.24. The zero-order valence-electron chi connectivity index (χ0n) is 16.9. The van der Waals surface area contributed by atoms with Crippen molar-refractivity contribution in [3.05, 3.63) is 86.1 Å². The highest BCUT2D eigenvalue weighted by molar-refractivity contribution is 7.10. The summed E-state index contributed by atoms with van der Waals surface area (Å²) in [7, 11) is 1.36. The summed E-state index contributed by atoms with van der Waals surface area (Å²) in [5, 5.41) is 13.1. The Kier molecular flexibility index (Phi) is 5.75. The van der Waals surface area contributed by atoms with Gasteiger partial charge in [-0.3, -0.25) is 14.5 Å². The van der Waals surface area contributed by atoms with Crippen molar-refractivity contribution >= 4 is 46.1 Å². The van der Waals surface area contributed by atoms with E-state index in [2.05, 4.69) is 0 Å². The molecule has 2 aromatic carbocycles. The van der Waals surface area contributed by atoms with Gasteiger partial charge in [0.2, 0.25) is 0 Å². The summed E-state index contributed by atoms with van der Waals surface area (Å²) in [6.07, 6.45) is 0. The Morgan fingerprint density at radius 2 is 1.94 bits per heavy atom. The number of methoxy groups -OCH3 is 1. The number of aliphatic hydroxyl groups is 1. The number of rotatable bonds is 4. The zero-order chi connectivity index (χ0) is 23.2. The predicted octanol–water partition coefficient (Wildman–Crippen LogP) is 5.62. The fraction of sp³-hybridized carbons (Fsp3) is 0.130. The number of Topliss-reactive ketones (excluding diaryl/α,β-unsaturated/α-hetero) is 1. The maximum atomic E-state index is 14.6. The van der Waals surface area contributed by atoms with Gasteiger partial charge in [-0.15, -0.1) is 11.3 Å². The molecule has 164 valence electrons. The second kappa shape index (κ2) is 8.37. The summed E-state index contributed by atoms with van der Waals surface area (Å²) in [5.41, 5.74) is 0.279. The molecule has 1 saturated heterocycles. The van der Waals surface area contributed by atoms with E-state index in [9.17, 15) is 23.5 Å². The maximum absolute atomic E-state index is 14.6. The van der Waals surface area contributed by atoms with E-state index in [1.54, 1.807) is 36.6 Å². The summed E-state index contributed by atoms with van der Waals surface area (Å²) >= 11 is 7.46. The van der Waals surface area contributed by atoms with Crippen molar-refractivity contribution in [2.24, 2.45) is 0 Å². The van der Waals surface area contributed by atoms with E-state index in [0.717, 1.165) is 17.0 Å². The Morgan fingerprint density at radius 3 is 2.56 bits per heavy atom. The number of nitrogens with zero attached hydrogens (tertiary/aromatic N) is 1. The molecule has 1 atom stereocenters. The molecule has 3 aromatic rings. The van der Waals surface area contributed by atoms with Gasteiger partial charge in [0, 0.05) is 10.9 Å². The molecule has 1 aliphatic heterocycles. The van der Waals surface area contributed by atoms with Gasteiger partial charge < -0.3 is 9.84 Å². The van der Waals surface area contributed by atoms with Gasteiger partial charge in [0.1, 0.15) is 29.2 Å². The normalized spacial score (nSPS) is 17.8. The van der Waals surface area contributed by atoms with Crippen LogP contribution in [0.5, 0.6) is 5.75 Å². The average Bonchev–Trinajstić information content (AvgIpc) is 3.35. The van der Waals surface area contributed by atoms with Gasteiger partial charge in [0.05, 0.1) is 29.0 Å². The monoisotopic (exact) mass is 475 g/mol. The smallest absolute Gasteiger partial charge is 0.300 e. The Morgan fingerprint density at radius 1 is 1.19 bits per heavy atom. The molecule has 4 rings (SSSR count). The van der Waals surface area contributed by atoms with E-state index in [4.69, 9.17) is 16.3 Å². The Hall–Kier alpha value is -3.23. The molecule has 5 nitrogen and oxygen atoms in total. The van der Waals surface area contributed by atoms with Crippen LogP contribution in [0.15, 0.2) is 53.4 Å². The van der Waals surface area contributed by atoms with Crippen molar-refractivity contribution in [1.82, 2.24) is 0 Å². The van der Waals surface area contributed by atoms with Crippen LogP contribution in [0.25, 0.3) is 5.76 Å². The minimum atomic E-state index is -1.13. The van der Waals surface area contributed by atoms with Crippen molar-refractivity contribution in [3.63, 3.8) is 0 Å². The Bertz CT molecular complexity index is 1270. The van der Waals surface area contributed by atoms with Gasteiger partial charge in [-0.05, 0) is 48.2 Å². The van der Waals surface area contributed by atoms with Crippen LogP contribution in [-0.4, -0.2) is 23.9 Å². The number of aryl methyl sites for hydroxylation is 1. The van der Waals surface area contributed by atoms with Gasteiger partial charge in [0.25, 0.3) is 11.7 Å². The minimum Gasteiger partial charge on any atom is -0.507 e. The number of carbonyl (C=O) groups excluding carboxylic acids is 2. The van der Waals surface area contributed by atoms with Gasteiger partial charge in [0.15, 0.2) is 0 Å². The lowest BCUT2D eigenvalue weighted by atomic mass is 9.98. The lowest BCUT2D eigenvalue weighted by molar-refractivity contribution is -0.132. The standard InChI is InChI=1S/C23H16ClF2NO4S/c1-11-8-13(22(31-2)14(24)9-11)20(28)18-19(17-4-3-7-32-17)27(23(30)21(18)29)16-6-5-12(25)10-15(16)26/h3-10,19,28H,1-2H3/b20-18-. The number of halogens is 3. The van der Waals surface area contributed by atoms with E-state index in [1.165, 1.54) is 18.4 Å². The first kappa shape index (κ1) is 22.0. The largest absolute Gasteiger partial charge is 0.507 e. The maximum Gasteiger partial charge on any atom is 0.300 e. The third-order valence-electron chi connectivity index (χ3n) is 5.07. The van der Waals surface area contributed by atoms with Crippen molar-refractivity contribution in [2.45, 2.75) is 13.0 Å². The molecular weight excluding hydrogens is 460 g/mol. The van der Waals surface area contributed by atoms with E-state index >= 15 is 0 Å². The number of aliphatic hydroxyl groups excluding tert-OH is 1. The van der Waals surface area contributed by atoms with E-state index in [0.29, 0.717) is 16.5 Å². The molecule has 32 heavy (non-hydrogen) atoms. The third kappa shape index (κ3) is 3.55. The third-order valence-corrected chi connectivity index (χ3v) is 6.28. The number of ether oxygens (including phenoxy) is 1. The Balaban J connectivity index is 2.00. The van der Waals surface area contributed by atoms with Crippen molar-refractivity contribution in [2.75, 3.05) is 12.0 Å². The SMILES string of the molecule is COc1c(Cl)cc(C)cc1/C(O)=C1/C(=O)C(=O)N(c2ccc(F)cc2F)C1c1cccs1. The van der Waals surface area contributed by atoms with Crippen LogP contribution in [0.3, 0.4) is 0 Å². The van der Waals surface area contributed by atoms with E-state index in [1.807, 2.05) is 0 Å². The number of hydrogen-bond donors (Lipinski definition) is 1. The molecule has 0 saturated carbocycles. The molecule has 2 heterocycles. The highest BCUT2D eigenvalue weighted by Gasteiger charge is 2.48. The number of anilines is 1. The first-order valence-electron chi connectivity index (χ1n) is 9.38. The molecule has 0 radical (unpaired) electrons. The minimum absolute atomic E-state index is 0.122. The number of carbonyl (C=O) groups is 2. The first-order chi connectivity index (χ1) is 15.2. The Labute approximate surface area is 191 Å². The molecular formula is C23H16ClF2NO4S. The summed E-state index contributed by atoms with van der Waals surface area (Å²) in [6, 6.07) is 8.13. The molecule has 9 heteroatoms. The number of hydrogen-bond acceptors (Lipinski definition) is 5. The molecule has 0 spiro atoms. The fourth-order valence-corrected chi connectivity index (χ4v) is 4.91. The summed E-state index contributed by atoms with van der Waals surface area (Å²) in [5.74, 6) is -4.27. The van der Waals surface area contributed by atoms with Gasteiger partial charge in [-0.1, -0.05) is 17.7 Å². The van der Waals surface area contributed by atoms with Crippen LogP contribution in [0.1, 0.15) is 22.0 Å². The second-order valence-corrected chi connectivity index (χ2v) is 8.49. The lowest BCUT2D eigenvalue weighted by Crippen LogP contribution is -2.30. The fourth-order valence-electron chi connectivity index (χ4n) is 3.73. The van der Waals surface area contributed by atoms with Crippen molar-refractivity contribution in [3.8, 4) is 5.75 Å². The number of thiophene rings is 1. The van der Waals surface area contributed by atoms with Crippen LogP contribution in [0.2, 0.25) is 5.02 Å². The van der Waals surface area contributed by atoms with E-state index < -0.39 is 35.1 Å². The van der Waals surface area contributed by atoms with Gasteiger partial charge >= 0.3 is 0 Å². The highest BCUT2D eigenvalue weighted by atomic mass is 35.5. The second-order valence-electron chi connectivity index (χ2n) is 7.11. The number of amides is 1. The summed E-state index contributed by atoms with van der Waals surface area (Å²) < 4.78 is 33.4. The molecule has 1 aliphatic rings. The van der Waals surface area contributed by atoms with Gasteiger partial charge in [-0.2, -0.15) is 0 Å². The zero-order valence-corrected chi connectivity index (χ0v) is 18.4. The average molecular weight is 476 g/mol. The van der Waals surface area contributed by atoms with Crippen LogP contribution in [0.4, 0.5) is 14.5 Å². The molecule has 1 aromatic heterocycles. The van der Waals surface area contributed by atoms with Crippen LogP contribution in [-0.2, 0) is 9.59 Å². The van der Waals surface area contributed by atoms with Crippen molar-refractivity contribution < 1.29 is 28.2 Å². The molecule has 0 bridgehead atoms. The topological polar surface area (TPSA) is 66.8 Å². The highest BCUT2D eigenvalue weighted by Crippen LogP contribution is 2.46. The summed E-state index contributed by atoms with van der Waals surface area (Å²) in [6.45, 7) is 1.74. The van der Waals surface area contributed by atoms with Crippen LogP contribution < -0.4 is 9.64 Å². The molecule has 1 fully saturated rings. The number of ketones is 1. The van der Waals surface area contributed by atoms with Gasteiger partial charge in [-0.25, -0.2) is 8.78 Å². The van der Waals surface area contributed by atoms with Crippen molar-refractivity contribution in [1.29, 1.82) is 0 Å². The van der Waals surface area contributed by atoms with Crippen LogP contribution >= 0.6 is 22.9 Å². The number of benzene rings is 2. The molecule has 1 amide bonds. The summed E-state index contributed by atoms with van der Waals surface area (Å²) in [4.78, 5) is 27.5. The van der Waals surface area contributed by atoms with Crippen LogP contribution in [0, 0.1) is 18.6 Å². The molecule has 0 aliphatic carbocycles. The predicted molar refractivity (Wildman–Crippen MR) is 118 cm³/mol. The quantitative estimate of drug-likeness (QED) is 0.302. The molecule has 1 N–H and O–H groups in total. The molecule has 1 unspecified atom stereocenters. The first-order valence-corrected chi connectivity index (χ1v) is 10.6.